The number of anilines is 1. The number of carbonyl (C=O) groups is 1. The van der Waals surface area contributed by atoms with Crippen LogP contribution in [0.5, 0.6) is 17.2 Å². The van der Waals surface area contributed by atoms with Crippen molar-refractivity contribution in [3.05, 3.63) is 106 Å². The molecule has 1 aromatic heterocycles. The van der Waals surface area contributed by atoms with Crippen molar-refractivity contribution in [2.24, 2.45) is 0 Å². The van der Waals surface area contributed by atoms with Crippen molar-refractivity contribution in [2.75, 3.05) is 39.2 Å². The van der Waals surface area contributed by atoms with Gasteiger partial charge in [-0.2, -0.15) is 0 Å². The van der Waals surface area contributed by atoms with E-state index in [9.17, 15) is 9.59 Å². The summed E-state index contributed by atoms with van der Waals surface area (Å²) in [6.07, 6.45) is 1.75. The molecular formula is C33H33N3O5. The maximum absolute atomic E-state index is 13.1. The molecule has 41 heavy (non-hydrogen) atoms. The zero-order valence-electron chi connectivity index (χ0n) is 23.2. The summed E-state index contributed by atoms with van der Waals surface area (Å²) >= 11 is 0. The number of hydrogen-bond donors (Lipinski definition) is 3. The molecule has 0 aliphatic carbocycles. The van der Waals surface area contributed by atoms with Crippen LogP contribution in [0.2, 0.25) is 0 Å². The summed E-state index contributed by atoms with van der Waals surface area (Å²) in [6.45, 7) is 2.26. The minimum atomic E-state index is -0.297. The summed E-state index contributed by atoms with van der Waals surface area (Å²) in [5, 5.41) is 7.44. The number of pyridine rings is 1. The van der Waals surface area contributed by atoms with Gasteiger partial charge in [-0.1, -0.05) is 24.3 Å². The maximum atomic E-state index is 13.1. The van der Waals surface area contributed by atoms with Crippen LogP contribution in [0.25, 0.3) is 21.8 Å². The molecule has 0 bridgehead atoms. The molecule has 0 saturated carbocycles. The number of aromatic nitrogens is 1. The van der Waals surface area contributed by atoms with E-state index in [1.165, 1.54) is 5.56 Å². The van der Waals surface area contributed by atoms with Crippen LogP contribution in [-0.2, 0) is 6.42 Å². The van der Waals surface area contributed by atoms with Crippen LogP contribution >= 0.6 is 0 Å². The maximum Gasteiger partial charge on any atom is 0.257 e. The number of fused-ring (bicyclic) bond motifs is 2. The Kier molecular flexibility index (Phi) is 8.81. The van der Waals surface area contributed by atoms with Gasteiger partial charge >= 0.3 is 0 Å². The van der Waals surface area contributed by atoms with Gasteiger partial charge in [0.25, 0.3) is 5.91 Å². The second kappa shape index (κ2) is 13.0. The fraction of sp³-hybridized carbons (Fsp3) is 0.212. The highest BCUT2D eigenvalue weighted by Crippen LogP contribution is 2.27. The van der Waals surface area contributed by atoms with Gasteiger partial charge in [0.05, 0.1) is 31.9 Å². The fourth-order valence-corrected chi connectivity index (χ4v) is 4.75. The number of para-hydroxylation sites is 2. The zero-order chi connectivity index (χ0) is 28.6. The lowest BCUT2D eigenvalue weighted by atomic mass is 10.1. The van der Waals surface area contributed by atoms with E-state index >= 15 is 0 Å². The molecule has 8 nitrogen and oxygen atoms in total. The molecule has 0 atom stereocenters. The van der Waals surface area contributed by atoms with Crippen LogP contribution in [0, 0.1) is 0 Å². The summed E-state index contributed by atoms with van der Waals surface area (Å²) in [6, 6.07) is 25.7. The van der Waals surface area contributed by atoms with Gasteiger partial charge in [-0.25, -0.2) is 0 Å². The van der Waals surface area contributed by atoms with Gasteiger partial charge in [0.15, 0.2) is 16.9 Å². The highest BCUT2D eigenvalue weighted by Gasteiger charge is 2.14. The van der Waals surface area contributed by atoms with E-state index in [1.54, 1.807) is 50.6 Å². The van der Waals surface area contributed by atoms with Crippen LogP contribution in [0.4, 0.5) is 5.69 Å². The van der Waals surface area contributed by atoms with Gasteiger partial charge < -0.3 is 29.8 Å². The lowest BCUT2D eigenvalue weighted by Gasteiger charge is -2.11. The normalized spacial score (nSPS) is 11.0. The number of H-pyrrole nitrogens is 1. The van der Waals surface area contributed by atoms with Gasteiger partial charge in [0.2, 0.25) is 0 Å². The third-order valence-corrected chi connectivity index (χ3v) is 6.90. The summed E-state index contributed by atoms with van der Waals surface area (Å²) in [4.78, 5) is 29.3. The quantitative estimate of drug-likeness (QED) is 0.139. The molecule has 4 aromatic carbocycles. The first-order chi connectivity index (χ1) is 20.1. The molecule has 210 valence electrons. The van der Waals surface area contributed by atoms with Crippen LogP contribution in [0.1, 0.15) is 22.3 Å². The summed E-state index contributed by atoms with van der Waals surface area (Å²) in [5.41, 5.74) is 3.34. The zero-order valence-corrected chi connectivity index (χ0v) is 23.2. The number of benzene rings is 4. The van der Waals surface area contributed by atoms with E-state index in [0.29, 0.717) is 39.7 Å². The topological polar surface area (TPSA) is 102 Å². The third kappa shape index (κ3) is 6.50. The van der Waals surface area contributed by atoms with Crippen LogP contribution < -0.4 is 30.3 Å². The van der Waals surface area contributed by atoms with E-state index in [0.717, 1.165) is 43.2 Å². The summed E-state index contributed by atoms with van der Waals surface area (Å²) < 4.78 is 16.5. The molecule has 0 aliphatic heterocycles. The first-order valence-electron chi connectivity index (χ1n) is 13.6. The van der Waals surface area contributed by atoms with Crippen molar-refractivity contribution >= 4 is 33.4 Å². The Morgan fingerprint density at radius 3 is 2.41 bits per heavy atom. The molecule has 3 N–H and O–H groups in total. The van der Waals surface area contributed by atoms with Crippen molar-refractivity contribution in [1.29, 1.82) is 0 Å². The first-order valence-corrected chi connectivity index (χ1v) is 13.6. The molecule has 0 radical (unpaired) electrons. The summed E-state index contributed by atoms with van der Waals surface area (Å²) in [5.74, 6) is 1.90. The van der Waals surface area contributed by atoms with Crippen molar-refractivity contribution in [2.45, 2.75) is 12.8 Å². The highest BCUT2D eigenvalue weighted by molar-refractivity contribution is 6.13. The number of ether oxygens (including phenoxy) is 3. The lowest BCUT2D eigenvalue weighted by molar-refractivity contribution is 0.102. The molecule has 1 heterocycles. The number of rotatable bonds is 12. The number of carbonyl (C=O) groups excluding carboxylic acids is 1. The molecular weight excluding hydrogens is 518 g/mol. The van der Waals surface area contributed by atoms with Crippen LogP contribution in [0.15, 0.2) is 89.7 Å². The third-order valence-electron chi connectivity index (χ3n) is 6.90. The van der Waals surface area contributed by atoms with E-state index in [-0.39, 0.29) is 11.3 Å². The first kappa shape index (κ1) is 27.7. The second-order valence-corrected chi connectivity index (χ2v) is 9.60. The van der Waals surface area contributed by atoms with Gasteiger partial charge in [0.1, 0.15) is 5.75 Å². The van der Waals surface area contributed by atoms with E-state index < -0.39 is 0 Å². The van der Waals surface area contributed by atoms with Gasteiger partial charge in [-0.05, 0) is 92.2 Å². The SMILES string of the molecule is COc1ccc(CCNCCCOc2ccc(NC(=O)c3cccc4c(=O)c5ccccc5[nH]c34)cc2)cc1OC. The Morgan fingerprint density at radius 2 is 1.61 bits per heavy atom. The average molecular weight is 552 g/mol. The molecule has 0 aliphatic rings. The smallest absolute Gasteiger partial charge is 0.257 e. The molecule has 0 fully saturated rings. The minimum absolute atomic E-state index is 0.0985. The Hall–Kier alpha value is -4.82. The number of nitrogens with one attached hydrogen (secondary N) is 3. The Bertz CT molecular complexity index is 1710. The van der Waals surface area contributed by atoms with Crippen LogP contribution in [0.3, 0.4) is 0 Å². The van der Waals surface area contributed by atoms with Crippen molar-refractivity contribution in [1.82, 2.24) is 10.3 Å². The molecule has 5 aromatic rings. The second-order valence-electron chi connectivity index (χ2n) is 9.60. The van der Waals surface area contributed by atoms with Gasteiger partial charge in [-0.15, -0.1) is 0 Å². The lowest BCUT2D eigenvalue weighted by Crippen LogP contribution is -2.20. The largest absolute Gasteiger partial charge is 0.494 e. The minimum Gasteiger partial charge on any atom is -0.494 e. The molecule has 0 unspecified atom stereocenters. The van der Waals surface area contributed by atoms with E-state index in [2.05, 4.69) is 15.6 Å². The Morgan fingerprint density at radius 1 is 0.829 bits per heavy atom. The van der Waals surface area contributed by atoms with Crippen LogP contribution in [-0.4, -0.2) is 44.8 Å². The Balaban J connectivity index is 1.09. The fourth-order valence-electron chi connectivity index (χ4n) is 4.75. The summed E-state index contributed by atoms with van der Waals surface area (Å²) in [7, 11) is 3.27. The van der Waals surface area contributed by atoms with E-state index in [4.69, 9.17) is 14.2 Å². The molecule has 8 heteroatoms. The van der Waals surface area contributed by atoms with Crippen molar-refractivity contribution in [3.8, 4) is 17.2 Å². The van der Waals surface area contributed by atoms with Crippen molar-refractivity contribution < 1.29 is 19.0 Å². The van der Waals surface area contributed by atoms with Crippen molar-refractivity contribution in [3.63, 3.8) is 0 Å². The number of amides is 1. The average Bonchev–Trinajstić information content (AvgIpc) is 3.01. The standard InChI is InChI=1S/C33H33N3O5/c1-39-29-16-11-22(21-30(29)40-2)17-19-34-18-6-20-41-24-14-12-23(13-15-24)35-33(38)27-9-5-8-26-31(27)36-28-10-4-3-7-25(28)32(26)37/h3-5,7-16,21,34H,6,17-20H2,1-2H3,(H,35,38)(H,36,37). The number of methoxy groups -OCH3 is 2. The molecule has 0 saturated heterocycles. The van der Waals surface area contributed by atoms with Gasteiger partial charge in [0, 0.05) is 22.0 Å². The number of hydrogen-bond acceptors (Lipinski definition) is 6. The Labute approximate surface area is 238 Å². The molecule has 0 spiro atoms. The molecule has 5 rings (SSSR count). The van der Waals surface area contributed by atoms with E-state index in [1.807, 2.05) is 48.5 Å². The molecule has 1 amide bonds. The number of aromatic amines is 1. The highest BCUT2D eigenvalue weighted by atomic mass is 16.5. The predicted octanol–water partition coefficient (Wildman–Crippen LogP) is 5.55. The van der Waals surface area contributed by atoms with Gasteiger partial charge in [-0.3, -0.25) is 9.59 Å². The predicted molar refractivity (Wildman–Crippen MR) is 163 cm³/mol. The monoisotopic (exact) mass is 551 g/mol.